The minimum atomic E-state index is -0.830. The van der Waals surface area contributed by atoms with Crippen molar-refractivity contribution in [2.75, 3.05) is 11.4 Å². The average molecular weight is 273 g/mol. The molecule has 0 aromatic heterocycles. The maximum Gasteiger partial charge on any atom is 0.335 e. The van der Waals surface area contributed by atoms with Gasteiger partial charge in [-0.2, -0.15) is 0 Å². The van der Waals surface area contributed by atoms with Gasteiger partial charge in [-0.1, -0.05) is 12.8 Å². The van der Waals surface area contributed by atoms with Crippen LogP contribution in [0.25, 0.3) is 0 Å². The topological polar surface area (TPSA) is 40.5 Å². The number of carboxylic acid groups (broad SMARTS) is 1. The van der Waals surface area contributed by atoms with Crippen molar-refractivity contribution in [2.24, 2.45) is 5.92 Å². The first-order valence-electron chi connectivity index (χ1n) is 7.77. The van der Waals surface area contributed by atoms with Gasteiger partial charge in [0, 0.05) is 18.3 Å². The number of anilines is 1. The summed E-state index contributed by atoms with van der Waals surface area (Å²) < 4.78 is 0. The molecule has 0 amide bonds. The molecule has 3 rings (SSSR count). The zero-order chi connectivity index (χ0) is 14.1. The largest absolute Gasteiger partial charge is 0.478 e. The number of carboxylic acids is 1. The fraction of sp³-hybridized carbons (Fsp3) is 0.588. The van der Waals surface area contributed by atoms with Gasteiger partial charge in [-0.25, -0.2) is 4.79 Å². The summed E-state index contributed by atoms with van der Waals surface area (Å²) in [5, 5.41) is 9.14. The Morgan fingerprint density at radius 2 is 1.95 bits per heavy atom. The Morgan fingerprint density at radius 3 is 2.70 bits per heavy atom. The predicted octanol–water partition coefficient (Wildman–Crippen LogP) is 3.85. The van der Waals surface area contributed by atoms with Crippen LogP contribution in [-0.4, -0.2) is 23.7 Å². The molecule has 2 atom stereocenters. The van der Waals surface area contributed by atoms with Crippen molar-refractivity contribution in [3.8, 4) is 0 Å². The van der Waals surface area contributed by atoms with Crippen LogP contribution < -0.4 is 4.90 Å². The molecule has 2 aliphatic rings. The van der Waals surface area contributed by atoms with Crippen LogP contribution in [0.2, 0.25) is 0 Å². The van der Waals surface area contributed by atoms with Crippen LogP contribution in [-0.2, 0) is 0 Å². The van der Waals surface area contributed by atoms with E-state index in [4.69, 9.17) is 5.11 Å². The van der Waals surface area contributed by atoms with E-state index in [1.807, 2.05) is 13.0 Å². The zero-order valence-corrected chi connectivity index (χ0v) is 12.1. The first kappa shape index (κ1) is 13.5. The number of aromatic carboxylic acids is 1. The monoisotopic (exact) mass is 273 g/mol. The number of piperidine rings is 1. The maximum absolute atomic E-state index is 11.1. The van der Waals surface area contributed by atoms with E-state index in [0.29, 0.717) is 11.6 Å². The first-order chi connectivity index (χ1) is 9.66. The minimum Gasteiger partial charge on any atom is -0.478 e. The van der Waals surface area contributed by atoms with Gasteiger partial charge >= 0.3 is 5.97 Å². The normalized spacial score (nSPS) is 26.1. The third kappa shape index (κ3) is 2.41. The Kier molecular flexibility index (Phi) is 3.68. The SMILES string of the molecule is Cc1cc(N2CCCC3CCCCC32)ccc1C(=O)O. The highest BCUT2D eigenvalue weighted by Crippen LogP contribution is 2.38. The van der Waals surface area contributed by atoms with E-state index >= 15 is 0 Å². The van der Waals surface area contributed by atoms with E-state index in [1.165, 1.54) is 44.2 Å². The standard InChI is InChI=1S/C17H23NO2/c1-12-11-14(8-9-15(12)17(19)20)18-10-4-6-13-5-2-3-7-16(13)18/h8-9,11,13,16H,2-7,10H2,1H3,(H,19,20). The highest BCUT2D eigenvalue weighted by atomic mass is 16.4. The van der Waals surface area contributed by atoms with Gasteiger partial charge in [0.1, 0.15) is 0 Å². The lowest BCUT2D eigenvalue weighted by Gasteiger charge is -2.45. The smallest absolute Gasteiger partial charge is 0.335 e. The summed E-state index contributed by atoms with van der Waals surface area (Å²) in [7, 11) is 0. The molecule has 1 aromatic carbocycles. The van der Waals surface area contributed by atoms with E-state index in [-0.39, 0.29) is 0 Å². The van der Waals surface area contributed by atoms with E-state index in [9.17, 15) is 4.79 Å². The second-order valence-electron chi connectivity index (χ2n) is 6.25. The van der Waals surface area contributed by atoms with Crippen LogP contribution >= 0.6 is 0 Å². The molecular weight excluding hydrogens is 250 g/mol. The molecule has 2 fully saturated rings. The summed E-state index contributed by atoms with van der Waals surface area (Å²) in [6, 6.07) is 6.49. The lowest BCUT2D eigenvalue weighted by molar-refractivity contribution is 0.0696. The summed E-state index contributed by atoms with van der Waals surface area (Å²) in [5.41, 5.74) is 2.50. The molecule has 0 bridgehead atoms. The van der Waals surface area contributed by atoms with Gasteiger partial charge in [0.15, 0.2) is 0 Å². The van der Waals surface area contributed by atoms with Gasteiger partial charge in [0.05, 0.1) is 5.56 Å². The van der Waals surface area contributed by atoms with Gasteiger partial charge in [0.2, 0.25) is 0 Å². The number of benzene rings is 1. The Hall–Kier alpha value is -1.51. The summed E-state index contributed by atoms with van der Waals surface area (Å²) in [6.45, 7) is 3.02. The van der Waals surface area contributed by atoms with E-state index in [0.717, 1.165) is 18.0 Å². The molecule has 1 heterocycles. The number of fused-ring (bicyclic) bond motifs is 1. The molecule has 108 valence electrons. The minimum absolute atomic E-state index is 0.422. The fourth-order valence-electron chi connectivity index (χ4n) is 4.01. The van der Waals surface area contributed by atoms with Crippen LogP contribution in [0.15, 0.2) is 18.2 Å². The van der Waals surface area contributed by atoms with Crippen molar-refractivity contribution < 1.29 is 9.90 Å². The van der Waals surface area contributed by atoms with Gasteiger partial charge < -0.3 is 10.0 Å². The average Bonchev–Trinajstić information content (AvgIpc) is 2.46. The van der Waals surface area contributed by atoms with Crippen LogP contribution in [0.3, 0.4) is 0 Å². The molecule has 1 aromatic rings. The van der Waals surface area contributed by atoms with E-state index in [2.05, 4.69) is 11.0 Å². The van der Waals surface area contributed by atoms with Crippen LogP contribution in [0.1, 0.15) is 54.4 Å². The maximum atomic E-state index is 11.1. The molecule has 1 aliphatic carbocycles. The molecule has 2 unspecified atom stereocenters. The molecular formula is C17H23NO2. The molecule has 1 N–H and O–H groups in total. The number of hydrogen-bond acceptors (Lipinski definition) is 2. The highest BCUT2D eigenvalue weighted by Gasteiger charge is 2.33. The number of aryl methyl sites for hydroxylation is 1. The molecule has 0 radical (unpaired) electrons. The quantitative estimate of drug-likeness (QED) is 0.889. The fourth-order valence-corrected chi connectivity index (χ4v) is 4.01. The van der Waals surface area contributed by atoms with Gasteiger partial charge in [-0.05, 0) is 62.3 Å². The van der Waals surface area contributed by atoms with Crippen molar-refractivity contribution in [3.63, 3.8) is 0 Å². The van der Waals surface area contributed by atoms with Gasteiger partial charge in [-0.15, -0.1) is 0 Å². The third-order valence-electron chi connectivity index (χ3n) is 5.02. The lowest BCUT2D eigenvalue weighted by Crippen LogP contribution is -2.46. The molecule has 0 spiro atoms. The first-order valence-corrected chi connectivity index (χ1v) is 7.77. The Labute approximate surface area is 120 Å². The Morgan fingerprint density at radius 1 is 1.20 bits per heavy atom. The highest BCUT2D eigenvalue weighted by molar-refractivity contribution is 5.89. The van der Waals surface area contributed by atoms with Crippen LogP contribution in [0, 0.1) is 12.8 Å². The van der Waals surface area contributed by atoms with Crippen molar-refractivity contribution in [3.05, 3.63) is 29.3 Å². The molecule has 1 saturated carbocycles. The number of nitrogens with zero attached hydrogens (tertiary/aromatic N) is 1. The van der Waals surface area contributed by atoms with Gasteiger partial charge in [-0.3, -0.25) is 0 Å². The second-order valence-corrected chi connectivity index (χ2v) is 6.25. The van der Waals surface area contributed by atoms with Gasteiger partial charge in [0.25, 0.3) is 0 Å². The summed E-state index contributed by atoms with van der Waals surface area (Å²) >= 11 is 0. The van der Waals surface area contributed by atoms with Crippen molar-refractivity contribution in [1.29, 1.82) is 0 Å². The number of carbonyl (C=O) groups is 1. The Bertz CT molecular complexity index is 510. The Balaban J connectivity index is 1.87. The molecule has 1 saturated heterocycles. The molecule has 20 heavy (non-hydrogen) atoms. The zero-order valence-electron chi connectivity index (χ0n) is 12.1. The lowest BCUT2D eigenvalue weighted by atomic mass is 9.78. The van der Waals surface area contributed by atoms with E-state index in [1.54, 1.807) is 6.07 Å². The van der Waals surface area contributed by atoms with Crippen molar-refractivity contribution in [1.82, 2.24) is 0 Å². The summed E-state index contributed by atoms with van der Waals surface area (Å²) in [6.07, 6.45) is 8.02. The van der Waals surface area contributed by atoms with Crippen molar-refractivity contribution in [2.45, 2.75) is 51.5 Å². The summed E-state index contributed by atoms with van der Waals surface area (Å²) in [5.74, 6) is 0.0141. The third-order valence-corrected chi connectivity index (χ3v) is 5.02. The van der Waals surface area contributed by atoms with Crippen molar-refractivity contribution >= 4 is 11.7 Å². The van der Waals surface area contributed by atoms with Crippen LogP contribution in [0.4, 0.5) is 5.69 Å². The van der Waals surface area contributed by atoms with E-state index < -0.39 is 5.97 Å². The number of hydrogen-bond donors (Lipinski definition) is 1. The molecule has 3 heteroatoms. The summed E-state index contributed by atoms with van der Waals surface area (Å²) in [4.78, 5) is 13.7. The predicted molar refractivity (Wildman–Crippen MR) is 80.5 cm³/mol. The molecule has 1 aliphatic heterocycles. The molecule has 3 nitrogen and oxygen atoms in total. The van der Waals surface area contributed by atoms with Crippen LogP contribution in [0.5, 0.6) is 0 Å². The number of rotatable bonds is 2. The second kappa shape index (κ2) is 5.47.